The van der Waals surface area contributed by atoms with Gasteiger partial charge in [-0.15, -0.1) is 0 Å². The Morgan fingerprint density at radius 2 is 2.19 bits per heavy atom. The van der Waals surface area contributed by atoms with Gasteiger partial charge < -0.3 is 20.3 Å². The molecule has 0 aliphatic carbocycles. The van der Waals surface area contributed by atoms with Crippen LogP contribution in [-0.2, 0) is 13.1 Å². The number of carbonyl (C=O) groups is 2. The Balaban J connectivity index is 1.74. The van der Waals surface area contributed by atoms with Crippen molar-refractivity contribution in [3.8, 4) is 0 Å². The second kappa shape index (κ2) is 6.55. The van der Waals surface area contributed by atoms with Crippen molar-refractivity contribution < 1.29 is 14.7 Å². The molecule has 112 valence electrons. The molecule has 2 heterocycles. The molecular weight excluding hydrogens is 276 g/mol. The standard InChI is InChI=1S/C12H16N6O3/c1-2-18-6-9(5-15-18)16-12(21)13-3-4-17-7-10(11(19)20)14-8-17/h5-8H,2-4H2,1H3,(H,19,20)(H2,13,16,21). The number of urea groups is 1. The molecule has 9 heteroatoms. The molecule has 0 aliphatic rings. The predicted octanol–water partition coefficient (Wildman–Crippen LogP) is 0.619. The van der Waals surface area contributed by atoms with Gasteiger partial charge in [-0.3, -0.25) is 4.68 Å². The van der Waals surface area contributed by atoms with Crippen LogP contribution in [0.25, 0.3) is 0 Å². The summed E-state index contributed by atoms with van der Waals surface area (Å²) in [6.45, 7) is 3.47. The number of anilines is 1. The van der Waals surface area contributed by atoms with Crippen LogP contribution in [0.15, 0.2) is 24.9 Å². The molecule has 0 saturated heterocycles. The van der Waals surface area contributed by atoms with Crippen molar-refractivity contribution in [1.29, 1.82) is 0 Å². The topological polar surface area (TPSA) is 114 Å². The summed E-state index contributed by atoms with van der Waals surface area (Å²) in [7, 11) is 0. The van der Waals surface area contributed by atoms with Gasteiger partial charge in [0.1, 0.15) is 0 Å². The number of nitrogens with zero attached hydrogens (tertiary/aromatic N) is 4. The van der Waals surface area contributed by atoms with Crippen LogP contribution in [0.1, 0.15) is 17.4 Å². The molecule has 0 unspecified atom stereocenters. The van der Waals surface area contributed by atoms with Crippen LogP contribution >= 0.6 is 0 Å². The van der Waals surface area contributed by atoms with E-state index in [0.29, 0.717) is 18.8 Å². The van der Waals surface area contributed by atoms with E-state index >= 15 is 0 Å². The van der Waals surface area contributed by atoms with Crippen LogP contribution in [0.3, 0.4) is 0 Å². The highest BCUT2D eigenvalue weighted by Gasteiger charge is 2.07. The quantitative estimate of drug-likeness (QED) is 0.722. The summed E-state index contributed by atoms with van der Waals surface area (Å²) in [6, 6.07) is -0.343. The summed E-state index contributed by atoms with van der Waals surface area (Å²) in [6.07, 6.45) is 6.12. The fourth-order valence-corrected chi connectivity index (χ4v) is 1.67. The number of amides is 2. The van der Waals surface area contributed by atoms with Gasteiger partial charge in [0.15, 0.2) is 5.69 Å². The third-order valence-corrected chi connectivity index (χ3v) is 2.72. The Morgan fingerprint density at radius 3 is 2.81 bits per heavy atom. The van der Waals surface area contributed by atoms with Crippen molar-refractivity contribution in [2.75, 3.05) is 11.9 Å². The largest absolute Gasteiger partial charge is 0.476 e. The van der Waals surface area contributed by atoms with Gasteiger partial charge in [0.25, 0.3) is 0 Å². The number of imidazole rings is 1. The first-order valence-corrected chi connectivity index (χ1v) is 6.41. The van der Waals surface area contributed by atoms with Crippen LogP contribution in [0.5, 0.6) is 0 Å². The van der Waals surface area contributed by atoms with Gasteiger partial charge in [-0.25, -0.2) is 14.6 Å². The van der Waals surface area contributed by atoms with E-state index in [1.807, 2.05) is 6.92 Å². The molecular formula is C12H16N6O3. The summed E-state index contributed by atoms with van der Waals surface area (Å²) in [5.74, 6) is -1.08. The van der Waals surface area contributed by atoms with Crippen molar-refractivity contribution >= 4 is 17.7 Å². The number of aromatic nitrogens is 4. The summed E-state index contributed by atoms with van der Waals surface area (Å²) >= 11 is 0. The summed E-state index contributed by atoms with van der Waals surface area (Å²) in [5, 5.41) is 18.1. The van der Waals surface area contributed by atoms with Gasteiger partial charge >= 0.3 is 12.0 Å². The minimum atomic E-state index is -1.08. The van der Waals surface area contributed by atoms with E-state index in [1.165, 1.54) is 12.5 Å². The van der Waals surface area contributed by atoms with Crippen LogP contribution in [0.4, 0.5) is 10.5 Å². The highest BCUT2D eigenvalue weighted by molar-refractivity contribution is 5.88. The molecule has 21 heavy (non-hydrogen) atoms. The first-order chi connectivity index (χ1) is 10.1. The number of rotatable bonds is 6. The van der Waals surface area contributed by atoms with Crippen molar-refractivity contribution in [3.05, 3.63) is 30.6 Å². The number of carboxylic acid groups (broad SMARTS) is 1. The molecule has 9 nitrogen and oxygen atoms in total. The predicted molar refractivity (Wildman–Crippen MR) is 74.1 cm³/mol. The van der Waals surface area contributed by atoms with Gasteiger partial charge in [0, 0.05) is 32.0 Å². The minimum Gasteiger partial charge on any atom is -0.476 e. The van der Waals surface area contributed by atoms with Crippen LogP contribution < -0.4 is 10.6 Å². The minimum absolute atomic E-state index is 0.0218. The second-order valence-electron chi connectivity index (χ2n) is 4.27. The molecule has 0 spiro atoms. The maximum atomic E-state index is 11.6. The molecule has 2 aromatic heterocycles. The number of hydrogen-bond acceptors (Lipinski definition) is 4. The zero-order valence-corrected chi connectivity index (χ0v) is 11.5. The van der Waals surface area contributed by atoms with Crippen molar-refractivity contribution in [3.63, 3.8) is 0 Å². The number of hydrogen-bond donors (Lipinski definition) is 3. The highest BCUT2D eigenvalue weighted by atomic mass is 16.4. The zero-order valence-electron chi connectivity index (χ0n) is 11.5. The van der Waals surface area contributed by atoms with Gasteiger partial charge in [-0.2, -0.15) is 5.10 Å². The third kappa shape index (κ3) is 4.06. The molecule has 0 radical (unpaired) electrons. The summed E-state index contributed by atoms with van der Waals surface area (Å²) < 4.78 is 3.30. The lowest BCUT2D eigenvalue weighted by Crippen LogP contribution is -2.31. The molecule has 0 atom stereocenters. The maximum Gasteiger partial charge on any atom is 0.356 e. The van der Waals surface area contributed by atoms with E-state index in [2.05, 4.69) is 20.7 Å². The average Bonchev–Trinajstić information content (AvgIpc) is 3.07. The Bertz CT molecular complexity index is 632. The van der Waals surface area contributed by atoms with E-state index in [-0.39, 0.29) is 11.7 Å². The molecule has 0 saturated carbocycles. The van der Waals surface area contributed by atoms with Crippen molar-refractivity contribution in [1.82, 2.24) is 24.6 Å². The second-order valence-corrected chi connectivity index (χ2v) is 4.27. The molecule has 2 amide bonds. The zero-order chi connectivity index (χ0) is 15.2. The molecule has 2 rings (SSSR count). The molecule has 0 fully saturated rings. The van der Waals surface area contributed by atoms with E-state index < -0.39 is 5.97 Å². The molecule has 0 aliphatic heterocycles. The number of carbonyl (C=O) groups excluding carboxylic acids is 1. The number of aryl methyl sites for hydroxylation is 1. The first-order valence-electron chi connectivity index (χ1n) is 6.41. The van der Waals surface area contributed by atoms with Gasteiger partial charge in [-0.05, 0) is 6.92 Å². The Hall–Kier alpha value is -2.84. The summed E-state index contributed by atoms with van der Waals surface area (Å²) in [5.41, 5.74) is 0.594. The Morgan fingerprint density at radius 1 is 1.38 bits per heavy atom. The monoisotopic (exact) mass is 292 g/mol. The lowest BCUT2D eigenvalue weighted by atomic mass is 10.5. The number of carboxylic acids is 1. The summed E-state index contributed by atoms with van der Waals surface area (Å²) in [4.78, 5) is 26.0. The molecule has 2 aromatic rings. The van der Waals surface area contributed by atoms with E-state index in [1.54, 1.807) is 21.6 Å². The maximum absolute atomic E-state index is 11.6. The van der Waals surface area contributed by atoms with Crippen LogP contribution in [0, 0.1) is 0 Å². The van der Waals surface area contributed by atoms with E-state index in [9.17, 15) is 9.59 Å². The molecule has 3 N–H and O–H groups in total. The lowest BCUT2D eigenvalue weighted by Gasteiger charge is -2.06. The highest BCUT2D eigenvalue weighted by Crippen LogP contribution is 2.03. The molecule has 0 aromatic carbocycles. The number of nitrogens with one attached hydrogen (secondary N) is 2. The van der Waals surface area contributed by atoms with E-state index in [0.717, 1.165) is 6.54 Å². The smallest absolute Gasteiger partial charge is 0.356 e. The Kier molecular flexibility index (Phi) is 4.54. The van der Waals surface area contributed by atoms with Crippen LogP contribution in [-0.4, -0.2) is 43.0 Å². The average molecular weight is 292 g/mol. The fraction of sp³-hybridized carbons (Fsp3) is 0.333. The van der Waals surface area contributed by atoms with Gasteiger partial charge in [0.2, 0.25) is 0 Å². The Labute approximate surface area is 120 Å². The fourth-order valence-electron chi connectivity index (χ4n) is 1.67. The first kappa shape index (κ1) is 14.6. The normalized spacial score (nSPS) is 10.3. The number of aromatic carboxylic acids is 1. The van der Waals surface area contributed by atoms with Crippen molar-refractivity contribution in [2.24, 2.45) is 0 Å². The van der Waals surface area contributed by atoms with Crippen LogP contribution in [0.2, 0.25) is 0 Å². The van der Waals surface area contributed by atoms with Crippen molar-refractivity contribution in [2.45, 2.75) is 20.0 Å². The van der Waals surface area contributed by atoms with Gasteiger partial charge in [-0.1, -0.05) is 0 Å². The van der Waals surface area contributed by atoms with E-state index in [4.69, 9.17) is 5.11 Å². The van der Waals surface area contributed by atoms with Gasteiger partial charge in [0.05, 0.1) is 18.2 Å². The SMILES string of the molecule is CCn1cc(NC(=O)NCCn2cnc(C(=O)O)c2)cn1. The third-order valence-electron chi connectivity index (χ3n) is 2.72. The molecule has 0 bridgehead atoms. The lowest BCUT2D eigenvalue weighted by molar-refractivity contribution is 0.0691.